The molecule has 0 spiro atoms. The molecule has 4 amide bonds. The summed E-state index contributed by atoms with van der Waals surface area (Å²) in [5, 5.41) is 7.91. The molecule has 11 heteroatoms. The van der Waals surface area contributed by atoms with E-state index in [9.17, 15) is 23.6 Å². The van der Waals surface area contributed by atoms with Crippen molar-refractivity contribution in [2.45, 2.75) is 95.6 Å². The number of hydrogen-bond acceptors (Lipinski definition) is 5. The van der Waals surface area contributed by atoms with Crippen LogP contribution in [0.5, 0.6) is 5.75 Å². The van der Waals surface area contributed by atoms with Crippen LogP contribution < -0.4 is 20.7 Å². The Kier molecular flexibility index (Phi) is 11.5. The summed E-state index contributed by atoms with van der Waals surface area (Å²) in [6.45, 7) is 4.12. The molecule has 6 rings (SSSR count). The van der Waals surface area contributed by atoms with Gasteiger partial charge in [0.05, 0.1) is 13.1 Å². The van der Waals surface area contributed by atoms with Gasteiger partial charge < -0.3 is 30.5 Å². The van der Waals surface area contributed by atoms with E-state index in [0.717, 1.165) is 94.3 Å². The SMILES string of the molecule is CC(=O)Nc1cc(F)cc(C(=O)N2CCN(C(=O)c3ccc(O[C@H]4CC[NH2+]C4)c(C4CCCCC4)c3)C(C(=O)NCC3CCCCC3)C2)c1. The smallest absolute Gasteiger partial charge is 0.254 e. The highest BCUT2D eigenvalue weighted by atomic mass is 19.1. The fraction of sp³-hybridized carbons (Fsp3) is 0.579. The molecule has 2 saturated heterocycles. The minimum atomic E-state index is -0.916. The molecule has 2 atom stereocenters. The van der Waals surface area contributed by atoms with Gasteiger partial charge in [-0.2, -0.15) is 0 Å². The zero-order valence-corrected chi connectivity index (χ0v) is 28.7. The monoisotopic (exact) mass is 676 g/mol. The lowest BCUT2D eigenvalue weighted by molar-refractivity contribution is -0.638. The van der Waals surface area contributed by atoms with Crippen molar-refractivity contribution in [3.05, 3.63) is 58.9 Å². The number of amides is 4. The van der Waals surface area contributed by atoms with Gasteiger partial charge in [0.25, 0.3) is 11.8 Å². The topological polar surface area (TPSA) is 125 Å². The molecule has 2 heterocycles. The molecule has 0 radical (unpaired) electrons. The number of benzene rings is 2. The summed E-state index contributed by atoms with van der Waals surface area (Å²) in [4.78, 5) is 56.7. The van der Waals surface area contributed by atoms with Crippen LogP contribution in [-0.4, -0.2) is 84.8 Å². The van der Waals surface area contributed by atoms with E-state index in [1.807, 2.05) is 18.2 Å². The van der Waals surface area contributed by atoms with Crippen LogP contribution in [0.1, 0.15) is 110 Å². The summed E-state index contributed by atoms with van der Waals surface area (Å²) in [6.07, 6.45) is 12.4. The third-order valence-electron chi connectivity index (χ3n) is 10.7. The number of hydrogen-bond donors (Lipinski definition) is 3. The lowest BCUT2D eigenvalue weighted by Crippen LogP contribution is -2.81. The van der Waals surface area contributed by atoms with E-state index < -0.39 is 17.8 Å². The largest absolute Gasteiger partial charge is 0.484 e. The van der Waals surface area contributed by atoms with E-state index >= 15 is 0 Å². The van der Waals surface area contributed by atoms with Crippen LogP contribution in [0.3, 0.4) is 0 Å². The van der Waals surface area contributed by atoms with Crippen LogP contribution in [0.2, 0.25) is 0 Å². The number of nitrogens with zero attached hydrogens (tertiary/aromatic N) is 2. The summed E-state index contributed by atoms with van der Waals surface area (Å²) in [5.74, 6) is -0.471. The van der Waals surface area contributed by atoms with Gasteiger partial charge in [-0.05, 0) is 79.5 Å². The van der Waals surface area contributed by atoms with Gasteiger partial charge in [-0.3, -0.25) is 19.2 Å². The van der Waals surface area contributed by atoms with Crippen molar-refractivity contribution in [1.82, 2.24) is 15.1 Å². The Labute approximate surface area is 288 Å². The molecule has 0 aromatic heterocycles. The summed E-state index contributed by atoms with van der Waals surface area (Å²) in [6, 6.07) is 8.53. The number of rotatable bonds is 9. The summed E-state index contributed by atoms with van der Waals surface area (Å²) < 4.78 is 21.0. The van der Waals surface area contributed by atoms with E-state index in [4.69, 9.17) is 4.74 Å². The fourth-order valence-corrected chi connectivity index (χ4v) is 8.06. The second kappa shape index (κ2) is 16.1. The first-order valence-corrected chi connectivity index (χ1v) is 18.3. The van der Waals surface area contributed by atoms with E-state index in [2.05, 4.69) is 16.0 Å². The molecule has 2 aliphatic carbocycles. The molecule has 4 N–H and O–H groups in total. The average molecular weight is 677 g/mol. The molecule has 2 aromatic carbocycles. The predicted octanol–water partition coefficient (Wildman–Crippen LogP) is 4.21. The fourth-order valence-electron chi connectivity index (χ4n) is 8.06. The van der Waals surface area contributed by atoms with Crippen molar-refractivity contribution in [3.63, 3.8) is 0 Å². The molecule has 264 valence electrons. The van der Waals surface area contributed by atoms with Gasteiger partial charge in [-0.15, -0.1) is 0 Å². The van der Waals surface area contributed by atoms with Crippen molar-refractivity contribution < 1.29 is 33.6 Å². The first-order chi connectivity index (χ1) is 23.7. The van der Waals surface area contributed by atoms with Gasteiger partial charge in [0.2, 0.25) is 11.8 Å². The Morgan fingerprint density at radius 3 is 2.35 bits per heavy atom. The van der Waals surface area contributed by atoms with Crippen LogP contribution in [0.25, 0.3) is 0 Å². The highest BCUT2D eigenvalue weighted by Gasteiger charge is 2.38. The number of ether oxygens (including phenoxy) is 1. The highest BCUT2D eigenvalue weighted by molar-refractivity contribution is 6.00. The highest BCUT2D eigenvalue weighted by Crippen LogP contribution is 2.39. The van der Waals surface area contributed by atoms with Crippen molar-refractivity contribution in [2.24, 2.45) is 5.92 Å². The quantitative estimate of drug-likeness (QED) is 0.367. The minimum Gasteiger partial charge on any atom is -0.484 e. The van der Waals surface area contributed by atoms with Crippen LogP contribution in [-0.2, 0) is 9.59 Å². The molecule has 4 fully saturated rings. The number of carbonyl (C=O) groups excluding carboxylic acids is 4. The molecule has 1 unspecified atom stereocenters. The number of carbonyl (C=O) groups is 4. The van der Waals surface area contributed by atoms with Crippen molar-refractivity contribution in [2.75, 3.05) is 44.6 Å². The van der Waals surface area contributed by atoms with E-state index in [1.54, 1.807) is 4.90 Å². The maximum absolute atomic E-state index is 14.5. The standard InChI is InChI=1S/C38H50FN5O5/c1-25(45)42-31-19-29(18-30(39)21-31)37(47)43-16-17-44(34(24-43)36(46)41-22-26-8-4-2-5-9-26)38(48)28-12-13-35(49-32-14-15-40-23-32)33(20-28)27-10-6-3-7-11-27/h12-13,18-21,26-27,32,34,40H,2-11,14-17,22-24H2,1H3,(H,41,46)(H,42,45)/p+1/t32-,34?/m0/s1. The molecule has 2 aromatic rings. The van der Waals surface area contributed by atoms with Gasteiger partial charge in [0.1, 0.15) is 24.2 Å². The minimum absolute atomic E-state index is 0.0259. The summed E-state index contributed by atoms with van der Waals surface area (Å²) in [7, 11) is 0. The molecule has 10 nitrogen and oxygen atoms in total. The molecule has 4 aliphatic rings. The molecular weight excluding hydrogens is 625 g/mol. The summed E-state index contributed by atoms with van der Waals surface area (Å²) >= 11 is 0. The lowest BCUT2D eigenvalue weighted by Gasteiger charge is -2.41. The first-order valence-electron chi connectivity index (χ1n) is 18.3. The first kappa shape index (κ1) is 34.9. The van der Waals surface area contributed by atoms with Crippen LogP contribution in [0.4, 0.5) is 10.1 Å². The van der Waals surface area contributed by atoms with Crippen molar-refractivity contribution >= 4 is 29.3 Å². The Balaban J connectivity index is 1.25. The van der Waals surface area contributed by atoms with E-state index in [0.29, 0.717) is 23.9 Å². The number of nitrogens with one attached hydrogen (secondary N) is 2. The Hall–Kier alpha value is -3.99. The average Bonchev–Trinajstić information content (AvgIpc) is 3.63. The Morgan fingerprint density at radius 2 is 1.63 bits per heavy atom. The van der Waals surface area contributed by atoms with Crippen molar-refractivity contribution in [3.8, 4) is 5.75 Å². The summed E-state index contributed by atoms with van der Waals surface area (Å²) in [5.41, 5.74) is 1.84. The second-order valence-electron chi connectivity index (χ2n) is 14.4. The Bertz CT molecular complexity index is 1520. The maximum Gasteiger partial charge on any atom is 0.254 e. The van der Waals surface area contributed by atoms with Gasteiger partial charge >= 0.3 is 0 Å². The maximum atomic E-state index is 14.5. The number of anilines is 1. The van der Waals surface area contributed by atoms with Crippen molar-refractivity contribution in [1.29, 1.82) is 0 Å². The van der Waals surface area contributed by atoms with E-state index in [-0.39, 0.29) is 54.7 Å². The van der Waals surface area contributed by atoms with Gasteiger partial charge in [0, 0.05) is 49.8 Å². The van der Waals surface area contributed by atoms with Gasteiger partial charge in [-0.1, -0.05) is 38.5 Å². The zero-order chi connectivity index (χ0) is 34.3. The third kappa shape index (κ3) is 8.79. The molecule has 49 heavy (non-hydrogen) atoms. The lowest BCUT2D eigenvalue weighted by atomic mass is 9.83. The number of quaternary nitrogens is 1. The Morgan fingerprint density at radius 1 is 0.878 bits per heavy atom. The van der Waals surface area contributed by atoms with Gasteiger partial charge in [0.15, 0.2) is 6.10 Å². The van der Waals surface area contributed by atoms with E-state index in [1.165, 1.54) is 30.7 Å². The second-order valence-corrected chi connectivity index (χ2v) is 14.4. The molecule has 2 aliphatic heterocycles. The molecular formula is C38H51FN5O5+. The van der Waals surface area contributed by atoms with Crippen LogP contribution >= 0.6 is 0 Å². The third-order valence-corrected chi connectivity index (χ3v) is 10.7. The zero-order valence-electron chi connectivity index (χ0n) is 28.7. The normalized spacial score (nSPS) is 22.1. The number of halogens is 1. The van der Waals surface area contributed by atoms with Crippen LogP contribution in [0.15, 0.2) is 36.4 Å². The van der Waals surface area contributed by atoms with Gasteiger partial charge in [-0.25, -0.2) is 4.39 Å². The van der Waals surface area contributed by atoms with Crippen LogP contribution in [0, 0.1) is 11.7 Å². The molecule has 0 bridgehead atoms. The molecule has 2 saturated carbocycles. The number of piperazine rings is 1. The predicted molar refractivity (Wildman–Crippen MR) is 184 cm³/mol. The number of nitrogens with two attached hydrogens (primary N) is 1.